The number of ketones is 1. The first-order valence-corrected chi connectivity index (χ1v) is 7.34. The summed E-state index contributed by atoms with van der Waals surface area (Å²) in [6, 6.07) is 0. The van der Waals surface area contributed by atoms with Crippen LogP contribution in [-0.4, -0.2) is 35.5 Å². The van der Waals surface area contributed by atoms with Crippen LogP contribution in [0.15, 0.2) is 0 Å². The van der Waals surface area contributed by atoms with Crippen LogP contribution in [0.25, 0.3) is 0 Å². The van der Waals surface area contributed by atoms with Gasteiger partial charge in [-0.3, -0.25) is 4.79 Å². The Bertz CT molecular complexity index is 320. The fraction of sp³-hybridized carbons (Fsp3) is 0.867. The van der Waals surface area contributed by atoms with Crippen molar-refractivity contribution in [2.75, 3.05) is 13.1 Å². The summed E-state index contributed by atoms with van der Waals surface area (Å²) in [5.41, 5.74) is -0.476. The normalized spacial score (nSPS) is 20.2. The zero-order valence-corrected chi connectivity index (χ0v) is 12.7. The maximum atomic E-state index is 12.0. The summed E-state index contributed by atoms with van der Waals surface area (Å²) in [6.07, 6.45) is 4.13. The monoisotopic (exact) mass is 269 g/mol. The van der Waals surface area contributed by atoms with Crippen LogP contribution >= 0.6 is 0 Å². The van der Waals surface area contributed by atoms with Gasteiger partial charge in [0.05, 0.1) is 0 Å². The molecule has 0 aromatic rings. The summed E-state index contributed by atoms with van der Waals surface area (Å²) in [5.74, 6) is 0.308. The Kier molecular flexibility index (Phi) is 5.83. The molecular weight excluding hydrogens is 242 g/mol. The number of hydrogen-bond acceptors (Lipinski definition) is 3. The molecule has 19 heavy (non-hydrogen) atoms. The number of likely N-dealkylation sites (tertiary alicyclic amines) is 1. The lowest BCUT2D eigenvalue weighted by molar-refractivity contribution is -0.124. The van der Waals surface area contributed by atoms with Gasteiger partial charge in [0.2, 0.25) is 0 Å². The largest absolute Gasteiger partial charge is 0.444 e. The molecule has 1 fully saturated rings. The van der Waals surface area contributed by atoms with E-state index in [2.05, 4.69) is 6.92 Å². The Morgan fingerprint density at radius 1 is 1.32 bits per heavy atom. The molecule has 0 saturated carbocycles. The molecule has 1 amide bonds. The molecule has 1 saturated heterocycles. The van der Waals surface area contributed by atoms with Crippen molar-refractivity contribution in [3.05, 3.63) is 0 Å². The van der Waals surface area contributed by atoms with Crippen molar-refractivity contribution in [2.45, 2.75) is 65.4 Å². The van der Waals surface area contributed by atoms with Gasteiger partial charge in [0.25, 0.3) is 0 Å². The van der Waals surface area contributed by atoms with Crippen molar-refractivity contribution in [3.8, 4) is 0 Å². The van der Waals surface area contributed by atoms with E-state index < -0.39 is 5.60 Å². The number of nitrogens with zero attached hydrogens (tertiary/aromatic N) is 1. The zero-order chi connectivity index (χ0) is 14.5. The lowest BCUT2D eigenvalue weighted by Crippen LogP contribution is -2.44. The van der Waals surface area contributed by atoms with Crippen LogP contribution in [0.1, 0.15) is 59.8 Å². The minimum Gasteiger partial charge on any atom is -0.444 e. The average molecular weight is 269 g/mol. The second-order valence-corrected chi connectivity index (χ2v) is 6.34. The van der Waals surface area contributed by atoms with Crippen molar-refractivity contribution >= 4 is 11.9 Å². The SMILES string of the molecule is CCCCC(=O)C1CCCN(C(=O)OC(C)(C)C)C1. The van der Waals surface area contributed by atoms with Crippen LogP contribution < -0.4 is 0 Å². The Balaban J connectivity index is 2.50. The highest BCUT2D eigenvalue weighted by atomic mass is 16.6. The van der Waals surface area contributed by atoms with Crippen LogP contribution in [0.5, 0.6) is 0 Å². The maximum Gasteiger partial charge on any atom is 0.410 e. The third kappa shape index (κ3) is 5.62. The lowest BCUT2D eigenvalue weighted by atomic mass is 9.91. The van der Waals surface area contributed by atoms with Gasteiger partial charge in [-0.05, 0) is 40.0 Å². The molecule has 1 unspecified atom stereocenters. The topological polar surface area (TPSA) is 46.6 Å². The number of ether oxygens (including phenoxy) is 1. The minimum atomic E-state index is -0.476. The third-order valence-corrected chi connectivity index (χ3v) is 3.31. The predicted molar refractivity (Wildman–Crippen MR) is 75.1 cm³/mol. The van der Waals surface area contributed by atoms with E-state index >= 15 is 0 Å². The average Bonchev–Trinajstić information content (AvgIpc) is 2.34. The van der Waals surface area contributed by atoms with Gasteiger partial charge >= 0.3 is 6.09 Å². The molecule has 0 N–H and O–H groups in total. The summed E-state index contributed by atoms with van der Waals surface area (Å²) in [5, 5.41) is 0. The quantitative estimate of drug-likeness (QED) is 0.786. The number of carbonyl (C=O) groups excluding carboxylic acids is 2. The molecule has 1 heterocycles. The van der Waals surface area contributed by atoms with E-state index in [9.17, 15) is 9.59 Å². The lowest BCUT2D eigenvalue weighted by Gasteiger charge is -2.33. The van der Waals surface area contributed by atoms with E-state index in [-0.39, 0.29) is 12.0 Å². The van der Waals surface area contributed by atoms with E-state index in [1.807, 2.05) is 20.8 Å². The molecule has 1 aliphatic rings. The van der Waals surface area contributed by atoms with Gasteiger partial charge in [0, 0.05) is 25.4 Å². The van der Waals surface area contributed by atoms with Gasteiger partial charge in [0.15, 0.2) is 0 Å². The van der Waals surface area contributed by atoms with E-state index in [0.717, 1.165) is 25.7 Å². The standard InChI is InChI=1S/C15H27NO3/c1-5-6-9-13(17)12-8-7-10-16(11-12)14(18)19-15(2,3)4/h12H,5-11H2,1-4H3. The van der Waals surface area contributed by atoms with Crippen LogP contribution in [0.3, 0.4) is 0 Å². The first-order chi connectivity index (χ1) is 8.83. The van der Waals surface area contributed by atoms with Crippen molar-refractivity contribution < 1.29 is 14.3 Å². The van der Waals surface area contributed by atoms with Crippen molar-refractivity contribution in [3.63, 3.8) is 0 Å². The molecule has 0 bridgehead atoms. The number of amides is 1. The number of rotatable bonds is 4. The van der Waals surface area contributed by atoms with Crippen molar-refractivity contribution in [2.24, 2.45) is 5.92 Å². The molecule has 0 spiro atoms. The van der Waals surface area contributed by atoms with Crippen LogP contribution in [-0.2, 0) is 9.53 Å². The summed E-state index contributed by atoms with van der Waals surface area (Å²) in [6.45, 7) is 8.89. The number of Topliss-reactive ketones (excluding diaryl/α,β-unsaturated/α-hetero) is 1. The van der Waals surface area contributed by atoms with Crippen molar-refractivity contribution in [1.29, 1.82) is 0 Å². The summed E-state index contributed by atoms with van der Waals surface area (Å²) >= 11 is 0. The van der Waals surface area contributed by atoms with Gasteiger partial charge in [-0.25, -0.2) is 4.79 Å². The van der Waals surface area contributed by atoms with E-state index in [1.54, 1.807) is 4.90 Å². The highest BCUT2D eigenvalue weighted by Gasteiger charge is 2.30. The highest BCUT2D eigenvalue weighted by Crippen LogP contribution is 2.21. The second-order valence-electron chi connectivity index (χ2n) is 6.34. The van der Waals surface area contributed by atoms with Gasteiger partial charge in [0.1, 0.15) is 11.4 Å². The fourth-order valence-corrected chi connectivity index (χ4v) is 2.29. The molecule has 1 aliphatic heterocycles. The smallest absolute Gasteiger partial charge is 0.410 e. The van der Waals surface area contributed by atoms with Crippen molar-refractivity contribution in [1.82, 2.24) is 4.90 Å². The summed E-state index contributed by atoms with van der Waals surface area (Å²) in [4.78, 5) is 25.7. The van der Waals surface area contributed by atoms with Gasteiger partial charge in [-0.1, -0.05) is 13.3 Å². The second kappa shape index (κ2) is 6.92. The first-order valence-electron chi connectivity index (χ1n) is 7.34. The van der Waals surface area contributed by atoms with Gasteiger partial charge < -0.3 is 9.64 Å². The third-order valence-electron chi connectivity index (χ3n) is 3.31. The summed E-state index contributed by atoms with van der Waals surface area (Å²) < 4.78 is 5.36. The molecule has 1 atom stereocenters. The molecular formula is C15H27NO3. The maximum absolute atomic E-state index is 12.0. The van der Waals surface area contributed by atoms with Gasteiger partial charge in [-0.15, -0.1) is 0 Å². The Morgan fingerprint density at radius 2 is 2.00 bits per heavy atom. The van der Waals surface area contributed by atoms with Crippen LogP contribution in [0.4, 0.5) is 4.79 Å². The van der Waals surface area contributed by atoms with E-state index in [1.165, 1.54) is 0 Å². The molecule has 0 aliphatic carbocycles. The minimum absolute atomic E-state index is 0.00724. The van der Waals surface area contributed by atoms with Crippen LogP contribution in [0.2, 0.25) is 0 Å². The Labute approximate surface area is 116 Å². The van der Waals surface area contributed by atoms with E-state index in [0.29, 0.717) is 25.3 Å². The number of piperidine rings is 1. The Hall–Kier alpha value is -1.06. The molecule has 4 heteroatoms. The van der Waals surface area contributed by atoms with Crippen LogP contribution in [0, 0.1) is 5.92 Å². The molecule has 0 radical (unpaired) electrons. The number of unbranched alkanes of at least 4 members (excludes halogenated alkanes) is 1. The zero-order valence-electron chi connectivity index (χ0n) is 12.7. The predicted octanol–water partition coefficient (Wildman–Crippen LogP) is 3.39. The number of hydrogen-bond donors (Lipinski definition) is 0. The molecule has 110 valence electrons. The summed E-state index contributed by atoms with van der Waals surface area (Å²) in [7, 11) is 0. The first kappa shape index (κ1) is 16.0. The number of carbonyl (C=O) groups is 2. The molecule has 1 rings (SSSR count). The van der Waals surface area contributed by atoms with Gasteiger partial charge in [-0.2, -0.15) is 0 Å². The molecule has 0 aromatic heterocycles. The highest BCUT2D eigenvalue weighted by molar-refractivity contribution is 5.82. The fourth-order valence-electron chi connectivity index (χ4n) is 2.29. The Morgan fingerprint density at radius 3 is 2.58 bits per heavy atom. The molecule has 4 nitrogen and oxygen atoms in total. The molecule has 0 aromatic carbocycles. The van der Waals surface area contributed by atoms with E-state index in [4.69, 9.17) is 4.74 Å².